The zero-order valence-electron chi connectivity index (χ0n) is 8.57. The van der Waals surface area contributed by atoms with Crippen LogP contribution in [-0.2, 0) is 0 Å². The Morgan fingerprint density at radius 3 is 2.94 bits per heavy atom. The number of nitrogens with zero attached hydrogens (tertiary/aromatic N) is 3. The van der Waals surface area contributed by atoms with Crippen molar-refractivity contribution < 1.29 is 18.7 Å². The Balaban J connectivity index is 2.60. The Kier molecular flexibility index (Phi) is 3.89. The van der Waals surface area contributed by atoms with E-state index in [4.69, 9.17) is 10.6 Å². The second kappa shape index (κ2) is 4.98. The Morgan fingerprint density at radius 2 is 2.38 bits per heavy atom. The molecule has 8 heteroatoms. The molecule has 0 bridgehead atoms. The summed E-state index contributed by atoms with van der Waals surface area (Å²) in [6.45, 7) is -0.300. The van der Waals surface area contributed by atoms with Gasteiger partial charge in [-0.25, -0.2) is 13.6 Å². The smallest absolute Gasteiger partial charge is 0.407 e. The highest BCUT2D eigenvalue weighted by Gasteiger charge is 2.44. The number of nitrogens with one attached hydrogen (secondary N) is 1. The predicted molar refractivity (Wildman–Crippen MR) is 49.4 cm³/mol. The van der Waals surface area contributed by atoms with E-state index in [2.05, 4.69) is 10.0 Å². The lowest BCUT2D eigenvalue weighted by Crippen LogP contribution is -2.49. The molecule has 0 saturated carbocycles. The van der Waals surface area contributed by atoms with Crippen molar-refractivity contribution in [2.24, 2.45) is 11.0 Å². The molecule has 1 rings (SSSR count). The van der Waals surface area contributed by atoms with Gasteiger partial charge in [0.2, 0.25) is 4.91 Å². The van der Waals surface area contributed by atoms with Gasteiger partial charge in [0, 0.05) is 25.4 Å². The molecular weight excluding hydrogens is 222 g/mol. The summed E-state index contributed by atoms with van der Waals surface area (Å²) in [5.41, 5.74) is 6.39. The molecule has 1 atom stereocenters. The van der Waals surface area contributed by atoms with Gasteiger partial charge in [-0.1, -0.05) is 0 Å². The summed E-state index contributed by atoms with van der Waals surface area (Å²) in [6, 6.07) is 0. The van der Waals surface area contributed by atoms with E-state index in [1.54, 1.807) is 0 Å². The van der Waals surface area contributed by atoms with Gasteiger partial charge in [-0.2, -0.15) is 0 Å². The average molecular weight is 235 g/mol. The second-order valence-corrected chi connectivity index (χ2v) is 3.69. The van der Waals surface area contributed by atoms with E-state index in [0.29, 0.717) is 0 Å². The third-order valence-electron chi connectivity index (χ3n) is 2.67. The van der Waals surface area contributed by atoms with Crippen LogP contribution in [0.4, 0.5) is 13.6 Å². The van der Waals surface area contributed by atoms with Crippen LogP contribution < -0.4 is 4.91 Å². The minimum atomic E-state index is -2.86. The molecule has 6 nitrogen and oxygen atoms in total. The van der Waals surface area contributed by atoms with Crippen LogP contribution in [0, 0.1) is 11.4 Å². The van der Waals surface area contributed by atoms with Gasteiger partial charge in [-0.15, -0.1) is 0 Å². The number of halogens is 2. The van der Waals surface area contributed by atoms with Crippen molar-refractivity contribution in [3.05, 3.63) is 0 Å². The third-order valence-corrected chi connectivity index (χ3v) is 2.67. The number of hydrogen-bond donors (Lipinski definition) is 2. The number of alkyl halides is 2. The van der Waals surface area contributed by atoms with E-state index in [0.717, 1.165) is 4.90 Å². The number of rotatable bonds is 3. The van der Waals surface area contributed by atoms with Crippen LogP contribution in [-0.4, -0.2) is 41.7 Å². The molecule has 90 valence electrons. The molecule has 0 aromatic carbocycles. The summed E-state index contributed by atoms with van der Waals surface area (Å²) in [4.78, 5) is 14.4. The van der Waals surface area contributed by atoms with E-state index in [-0.39, 0.29) is 26.1 Å². The third kappa shape index (κ3) is 2.96. The first-order valence-corrected chi connectivity index (χ1v) is 4.86. The van der Waals surface area contributed by atoms with Crippen molar-refractivity contribution >= 4 is 6.09 Å². The highest BCUT2D eigenvalue weighted by molar-refractivity contribution is 5.65. The highest BCUT2D eigenvalue weighted by atomic mass is 19.3. The molecule has 0 radical (unpaired) electrons. The van der Waals surface area contributed by atoms with Crippen molar-refractivity contribution in [1.29, 1.82) is 5.53 Å². The number of amides is 1. The van der Waals surface area contributed by atoms with E-state index in [1.807, 2.05) is 0 Å². The van der Waals surface area contributed by atoms with Gasteiger partial charge in [-0.05, 0) is 6.42 Å². The van der Waals surface area contributed by atoms with Gasteiger partial charge < -0.3 is 10.0 Å². The summed E-state index contributed by atoms with van der Waals surface area (Å²) >= 11 is 0. The molecule has 0 aromatic rings. The Morgan fingerprint density at radius 1 is 1.69 bits per heavy atom. The van der Waals surface area contributed by atoms with Gasteiger partial charge >= 0.3 is 6.09 Å². The fraction of sp³-hybridized carbons (Fsp3) is 0.875. The van der Waals surface area contributed by atoms with Gasteiger partial charge in [0.15, 0.2) is 0 Å². The fourth-order valence-electron chi connectivity index (χ4n) is 1.72. The maximum atomic E-state index is 13.4. The number of likely N-dealkylation sites (tertiary alicyclic amines) is 1. The van der Waals surface area contributed by atoms with Crippen LogP contribution >= 0.6 is 0 Å². The largest absolute Gasteiger partial charge is 0.465 e. The molecule has 0 aliphatic carbocycles. The van der Waals surface area contributed by atoms with Crippen LogP contribution in [0.15, 0.2) is 5.11 Å². The first-order chi connectivity index (χ1) is 7.47. The van der Waals surface area contributed by atoms with E-state index in [1.165, 1.54) is 0 Å². The molecule has 1 aliphatic rings. The van der Waals surface area contributed by atoms with Crippen molar-refractivity contribution in [2.45, 2.75) is 18.8 Å². The summed E-state index contributed by atoms with van der Waals surface area (Å²) < 4.78 is 26.8. The molecule has 1 saturated heterocycles. The number of carboxylic acid groups (broad SMARTS) is 1. The van der Waals surface area contributed by atoms with Gasteiger partial charge in [-0.3, -0.25) is 0 Å². The summed E-state index contributed by atoms with van der Waals surface area (Å²) in [7, 11) is 0. The van der Waals surface area contributed by atoms with Gasteiger partial charge in [0.25, 0.3) is 5.92 Å². The molecule has 2 N–H and O–H groups in total. The van der Waals surface area contributed by atoms with Crippen LogP contribution in [0.2, 0.25) is 0 Å². The lowest BCUT2D eigenvalue weighted by molar-refractivity contribution is -0.102. The van der Waals surface area contributed by atoms with Gasteiger partial charge in [0.1, 0.15) is 17.2 Å². The quantitative estimate of drug-likeness (QED) is 0.574. The van der Waals surface area contributed by atoms with Crippen LogP contribution in [0.25, 0.3) is 0 Å². The normalized spacial score (nSPS) is 23.6. The number of piperidine rings is 1. The predicted octanol–water partition coefficient (Wildman–Crippen LogP) is 1.56. The van der Waals surface area contributed by atoms with Crippen LogP contribution in [0.1, 0.15) is 12.8 Å². The number of carbonyl (C=O) groups is 1. The van der Waals surface area contributed by atoms with Crippen LogP contribution in [0.5, 0.6) is 0 Å². The van der Waals surface area contributed by atoms with Crippen molar-refractivity contribution in [2.75, 3.05) is 19.6 Å². The first kappa shape index (κ1) is 12.5. The molecule has 16 heavy (non-hydrogen) atoms. The van der Waals surface area contributed by atoms with Crippen molar-refractivity contribution in [3.8, 4) is 0 Å². The lowest BCUT2D eigenvalue weighted by atomic mass is 9.91. The molecule has 1 fully saturated rings. The van der Waals surface area contributed by atoms with Crippen molar-refractivity contribution in [1.82, 2.24) is 9.81 Å². The van der Waals surface area contributed by atoms with Crippen LogP contribution in [0.3, 0.4) is 0 Å². The highest BCUT2D eigenvalue weighted by Crippen LogP contribution is 2.35. The molecule has 1 aliphatic heterocycles. The van der Waals surface area contributed by atoms with Crippen molar-refractivity contribution in [3.63, 3.8) is 0 Å². The SMILES string of the molecule is N=[N+]=NCCC1CN(C(=O)O)CCC1(F)F. The zero-order chi connectivity index (χ0) is 12.2. The summed E-state index contributed by atoms with van der Waals surface area (Å²) in [5, 5.41) is 12.0. The molecular formula is C8H13F2N4O2+. The lowest BCUT2D eigenvalue weighted by Gasteiger charge is -2.36. The van der Waals surface area contributed by atoms with E-state index < -0.39 is 24.4 Å². The minimum absolute atomic E-state index is 0.0250. The monoisotopic (exact) mass is 235 g/mol. The standard InChI is InChI=1S/C8H12F2N4O2/c9-8(10)2-4-14(7(15)16)5-6(8)1-3-12-13-11/h6,11H,1-5H2/p+1. The van der Waals surface area contributed by atoms with E-state index >= 15 is 0 Å². The number of hydrogen-bond acceptors (Lipinski definition) is 3. The molecule has 1 amide bonds. The fourth-order valence-corrected chi connectivity index (χ4v) is 1.72. The summed E-state index contributed by atoms with van der Waals surface area (Å²) in [5.74, 6) is -3.90. The topological polar surface area (TPSA) is 90.9 Å². The first-order valence-electron chi connectivity index (χ1n) is 4.86. The zero-order valence-corrected chi connectivity index (χ0v) is 8.57. The molecule has 1 unspecified atom stereocenters. The minimum Gasteiger partial charge on any atom is -0.465 e. The molecule has 0 spiro atoms. The Hall–Kier alpha value is -1.56. The maximum absolute atomic E-state index is 13.4. The average Bonchev–Trinajstić information content (AvgIpc) is 2.20. The summed E-state index contributed by atoms with van der Waals surface area (Å²) in [6.07, 6.45) is -1.59. The van der Waals surface area contributed by atoms with Gasteiger partial charge in [0.05, 0.1) is 0 Å². The Bertz CT molecular complexity index is 317. The van der Waals surface area contributed by atoms with E-state index in [9.17, 15) is 13.6 Å². The maximum Gasteiger partial charge on any atom is 0.407 e. The Labute approximate surface area is 90.5 Å². The molecule has 0 aromatic heterocycles. The molecule has 1 heterocycles. The second-order valence-electron chi connectivity index (χ2n) is 3.69.